The fraction of sp³-hybridized carbons (Fsp3) is 0.360. The van der Waals surface area contributed by atoms with Gasteiger partial charge in [-0.15, -0.1) is 0 Å². The minimum absolute atomic E-state index is 0.171. The van der Waals surface area contributed by atoms with Gasteiger partial charge in [-0.05, 0) is 98.0 Å². The molecule has 73 heavy (non-hydrogen) atoms. The van der Waals surface area contributed by atoms with Crippen LogP contribution in [-0.4, -0.2) is 143 Å². The van der Waals surface area contributed by atoms with Crippen LogP contribution in [0.4, 0.5) is 23.0 Å². The van der Waals surface area contributed by atoms with Gasteiger partial charge in [-0.25, -0.2) is 4.98 Å². The zero-order valence-corrected chi connectivity index (χ0v) is 43.2. The van der Waals surface area contributed by atoms with Crippen LogP contribution in [0.15, 0.2) is 78.1 Å². The van der Waals surface area contributed by atoms with Crippen molar-refractivity contribution in [3.05, 3.63) is 107 Å². The summed E-state index contributed by atoms with van der Waals surface area (Å²) >= 11 is 0. The van der Waals surface area contributed by atoms with Crippen molar-refractivity contribution in [3.63, 3.8) is 0 Å². The van der Waals surface area contributed by atoms with Gasteiger partial charge in [-0.2, -0.15) is 15.3 Å². The van der Waals surface area contributed by atoms with E-state index in [1.807, 2.05) is 74.7 Å². The summed E-state index contributed by atoms with van der Waals surface area (Å²) in [5, 5.41) is 29.1. The number of amides is 1. The zero-order valence-electron chi connectivity index (χ0n) is 43.2. The van der Waals surface area contributed by atoms with E-state index < -0.39 is 5.91 Å². The largest absolute Gasteiger partial charge is 0.494 e. The number of anilines is 3. The monoisotopic (exact) mass is 1010 g/mol. The highest BCUT2D eigenvalue weighted by molar-refractivity contribution is 6.03. The van der Waals surface area contributed by atoms with Gasteiger partial charge < -0.3 is 50.9 Å². The van der Waals surface area contributed by atoms with Crippen molar-refractivity contribution >= 4 is 71.8 Å². The number of benzene rings is 2. The lowest BCUT2D eigenvalue weighted by molar-refractivity contribution is -0.107. The Kier molecular flexibility index (Phi) is 28.0. The van der Waals surface area contributed by atoms with Gasteiger partial charge >= 0.3 is 0 Å². The SMILES string of the molecule is C=Nc1cc(C=O)cc(OC)c1N(C/C=C/Cn1c(NC(=O)c2cc(C)nn2CC)nc2cc(C=O)cc(OC/C=C/Cn3cc(NCCC=O)cn3)c21)CNC.CCn1nc(C)cc1C=O.CN.CN.CO. The molecule has 1 amide bonds. The summed E-state index contributed by atoms with van der Waals surface area (Å²) in [4.78, 5) is 69.1. The second-order valence-electron chi connectivity index (χ2n) is 14.8. The van der Waals surface area contributed by atoms with Gasteiger partial charge in [0.2, 0.25) is 5.95 Å². The molecule has 6 aromatic rings. The number of ether oxygens (including phenoxy) is 2. The van der Waals surface area contributed by atoms with Crippen molar-refractivity contribution in [1.29, 1.82) is 0 Å². The number of hydrogen-bond donors (Lipinski definition) is 6. The maximum absolute atomic E-state index is 13.7. The molecular weight excluding hydrogens is 939 g/mol. The maximum Gasteiger partial charge on any atom is 0.276 e. The first-order chi connectivity index (χ1) is 35.5. The molecule has 0 saturated heterocycles. The summed E-state index contributed by atoms with van der Waals surface area (Å²) in [6, 6.07) is 10.1. The van der Waals surface area contributed by atoms with Crippen LogP contribution >= 0.6 is 0 Å². The van der Waals surface area contributed by atoms with E-state index in [-0.39, 0.29) is 19.1 Å². The van der Waals surface area contributed by atoms with E-state index in [1.54, 1.807) is 56.6 Å². The van der Waals surface area contributed by atoms with E-state index in [0.717, 1.165) is 50.2 Å². The number of aldehydes is 4. The number of aliphatic hydroxyl groups excluding tert-OH is 1. The number of methoxy groups -OCH3 is 1. The summed E-state index contributed by atoms with van der Waals surface area (Å²) < 4.78 is 18.8. The Balaban J connectivity index is 0.000000990. The smallest absolute Gasteiger partial charge is 0.276 e. The van der Waals surface area contributed by atoms with Crippen LogP contribution in [0.3, 0.4) is 0 Å². The zero-order chi connectivity index (χ0) is 54.3. The summed E-state index contributed by atoms with van der Waals surface area (Å²) in [7, 11) is 7.35. The molecule has 0 atom stereocenters. The molecule has 23 nitrogen and oxygen atoms in total. The van der Waals surface area contributed by atoms with Gasteiger partial charge in [0.05, 0.1) is 54.8 Å². The number of nitrogens with zero attached hydrogens (tertiary/aromatic N) is 10. The van der Waals surface area contributed by atoms with Gasteiger partial charge in [0.25, 0.3) is 5.91 Å². The molecule has 0 fully saturated rings. The van der Waals surface area contributed by atoms with Crippen molar-refractivity contribution in [2.45, 2.75) is 60.3 Å². The van der Waals surface area contributed by atoms with Gasteiger partial charge in [-0.1, -0.05) is 18.2 Å². The lowest BCUT2D eigenvalue weighted by atomic mass is 10.1. The van der Waals surface area contributed by atoms with Crippen LogP contribution in [0, 0.1) is 13.8 Å². The predicted molar refractivity (Wildman–Crippen MR) is 286 cm³/mol. The molecule has 0 spiro atoms. The van der Waals surface area contributed by atoms with E-state index in [4.69, 9.17) is 19.6 Å². The summed E-state index contributed by atoms with van der Waals surface area (Å²) in [5.74, 6) is 0.721. The highest BCUT2D eigenvalue weighted by atomic mass is 16.5. The third-order valence-corrected chi connectivity index (χ3v) is 10.0. The van der Waals surface area contributed by atoms with Gasteiger partial charge in [0.1, 0.15) is 59.6 Å². The molecule has 2 aromatic carbocycles. The Bertz CT molecular complexity index is 2730. The number of carbonyl (C=O) groups is 5. The average Bonchev–Trinajstić information content (AvgIpc) is 4.23. The Labute approximate surface area is 425 Å². The molecule has 23 heteroatoms. The van der Waals surface area contributed by atoms with Crippen molar-refractivity contribution in [3.8, 4) is 11.5 Å². The molecular formula is C50H71N15O8. The van der Waals surface area contributed by atoms with Crippen LogP contribution < -0.4 is 41.8 Å². The quantitative estimate of drug-likeness (QED) is 0.0150. The molecule has 4 aromatic heterocycles. The Morgan fingerprint density at radius 1 is 0.863 bits per heavy atom. The molecule has 0 radical (unpaired) electrons. The van der Waals surface area contributed by atoms with Crippen molar-refractivity contribution in [2.75, 3.05) is 77.3 Å². The number of aliphatic hydroxyl groups is 1. The lowest BCUT2D eigenvalue weighted by Gasteiger charge is -2.26. The third kappa shape index (κ3) is 17.6. The predicted octanol–water partition coefficient (Wildman–Crippen LogP) is 4.63. The Hall–Kier alpha value is -8.12. The number of aromatic nitrogens is 8. The topological polar surface area (TPSA) is 299 Å². The number of rotatable bonds is 25. The van der Waals surface area contributed by atoms with Crippen LogP contribution in [0.1, 0.15) is 73.3 Å². The summed E-state index contributed by atoms with van der Waals surface area (Å²) in [6.45, 7) is 14.8. The highest BCUT2D eigenvalue weighted by Gasteiger charge is 2.21. The van der Waals surface area contributed by atoms with Crippen molar-refractivity contribution in [2.24, 2.45) is 16.5 Å². The number of aryl methyl sites for hydroxylation is 4. The Morgan fingerprint density at radius 3 is 2.14 bits per heavy atom. The third-order valence-electron chi connectivity index (χ3n) is 10.0. The summed E-state index contributed by atoms with van der Waals surface area (Å²) in [6.07, 6.45) is 14.7. The van der Waals surface area contributed by atoms with Gasteiger partial charge in [0.15, 0.2) is 6.29 Å². The van der Waals surface area contributed by atoms with Gasteiger partial charge in [0, 0.05) is 63.6 Å². The number of imidazole rings is 1. The maximum atomic E-state index is 13.7. The molecule has 0 unspecified atom stereocenters. The van der Waals surface area contributed by atoms with Crippen molar-refractivity contribution < 1.29 is 38.6 Å². The molecule has 0 bridgehead atoms. The first-order valence-electron chi connectivity index (χ1n) is 23.2. The molecule has 0 aliphatic carbocycles. The number of fused-ring (bicyclic) bond motifs is 1. The van der Waals surface area contributed by atoms with Gasteiger partial charge in [-0.3, -0.25) is 43.5 Å². The number of hydrogen-bond acceptors (Lipinski definition) is 18. The number of nitrogens with one attached hydrogen (secondary N) is 3. The highest BCUT2D eigenvalue weighted by Crippen LogP contribution is 2.39. The first-order valence-corrected chi connectivity index (χ1v) is 23.2. The normalized spacial score (nSPS) is 10.4. The molecule has 0 aliphatic rings. The molecule has 6 rings (SSSR count). The minimum Gasteiger partial charge on any atom is -0.494 e. The molecule has 0 aliphatic heterocycles. The average molecular weight is 1010 g/mol. The van der Waals surface area contributed by atoms with E-state index in [9.17, 15) is 24.0 Å². The van der Waals surface area contributed by atoms with Crippen LogP contribution in [0.2, 0.25) is 0 Å². The number of nitrogens with two attached hydrogens (primary N) is 2. The van der Waals surface area contributed by atoms with E-state index in [2.05, 4.69) is 54.4 Å². The number of aliphatic imine (C=N–C) groups is 1. The molecule has 8 N–H and O–H groups in total. The van der Waals surface area contributed by atoms with Crippen LogP contribution in [-0.2, 0) is 31.0 Å². The minimum atomic E-state index is -0.393. The first kappa shape index (κ1) is 61.0. The molecule has 0 saturated carbocycles. The Morgan fingerprint density at radius 2 is 1.52 bits per heavy atom. The summed E-state index contributed by atoms with van der Waals surface area (Å²) in [5.41, 5.74) is 15.4. The fourth-order valence-electron chi connectivity index (χ4n) is 7.05. The standard InChI is InChI=1S/C40H47N11O6.C7H10N2O.2CH5N.CH4O/c1-6-51-34(18-28(2)47-51)39(55)46-40-45-33-20-30(26-54)22-36(57-17-10-9-14-49-24-31(23-44-49)43-12-11-16-52)38(33)50(40)15-8-7-13-48(27-41-3)37-32(42-4)19-29(25-53)21-35(37)56-5;1-3-9-7(5-10)4-6(2)8-9;3*1-2/h7-10,16,18-26,41,43H,4,6,11-15,17,27H2,1-3,5H3,(H,45,46,55);4-5H,3H2,1-2H3;2*2H2,1H3;2H,1H3/b8-7+,10-9+;;;;. The van der Waals surface area contributed by atoms with Crippen LogP contribution in [0.5, 0.6) is 11.5 Å². The van der Waals surface area contributed by atoms with E-state index >= 15 is 0 Å². The van der Waals surface area contributed by atoms with Crippen molar-refractivity contribution in [1.82, 2.24) is 44.2 Å². The van der Waals surface area contributed by atoms with Crippen LogP contribution in [0.25, 0.3) is 11.0 Å². The van der Waals surface area contributed by atoms with E-state index in [0.29, 0.717) is 101 Å². The number of allylic oxidation sites excluding steroid dienone is 2. The second-order valence-corrected chi connectivity index (χ2v) is 14.8. The fourth-order valence-corrected chi connectivity index (χ4v) is 7.05. The van der Waals surface area contributed by atoms with E-state index in [1.165, 1.54) is 21.2 Å². The number of carbonyl (C=O) groups excluding carboxylic acids is 5. The second kappa shape index (κ2) is 33.5. The molecule has 4 heterocycles. The molecule has 394 valence electrons. The lowest BCUT2D eigenvalue weighted by Crippen LogP contribution is -2.33.